The summed E-state index contributed by atoms with van der Waals surface area (Å²) in [7, 11) is 1.46. The molecule has 8 heteroatoms. The summed E-state index contributed by atoms with van der Waals surface area (Å²) in [5.41, 5.74) is -2.07. The third kappa shape index (κ3) is 3.59. The third-order valence-electron chi connectivity index (χ3n) is 2.13. The van der Waals surface area contributed by atoms with E-state index in [-0.39, 0.29) is 5.69 Å². The van der Waals surface area contributed by atoms with E-state index in [1.807, 2.05) is 0 Å². The second kappa shape index (κ2) is 5.67. The Morgan fingerprint density at radius 1 is 1.44 bits per heavy atom. The van der Waals surface area contributed by atoms with Gasteiger partial charge in [-0.25, -0.2) is 0 Å². The molecule has 0 heterocycles. The molecule has 0 atom stereocenters. The number of nitrogens with zero attached hydrogens (tertiary/aromatic N) is 1. The maximum absolute atomic E-state index is 12.6. The SMILES string of the molecule is COCCNc1ccc([N+](=O)[O-])c(C(F)(F)F)c1. The van der Waals surface area contributed by atoms with Gasteiger partial charge in [-0.15, -0.1) is 0 Å². The van der Waals surface area contributed by atoms with Gasteiger partial charge < -0.3 is 10.1 Å². The van der Waals surface area contributed by atoms with Crippen molar-refractivity contribution in [1.29, 1.82) is 0 Å². The first kappa shape index (κ1) is 14.2. The molecule has 0 aliphatic rings. The molecule has 0 bridgehead atoms. The summed E-state index contributed by atoms with van der Waals surface area (Å²) in [5, 5.41) is 13.2. The number of nitrogens with one attached hydrogen (secondary N) is 1. The Balaban J connectivity index is 3.02. The standard InChI is InChI=1S/C10H11F3N2O3/c1-18-5-4-14-7-2-3-9(15(16)17)8(6-7)10(11,12)13/h2-3,6,14H,4-5H2,1H3. The van der Waals surface area contributed by atoms with Gasteiger partial charge in [0.2, 0.25) is 0 Å². The van der Waals surface area contributed by atoms with Crippen molar-refractivity contribution >= 4 is 11.4 Å². The van der Waals surface area contributed by atoms with E-state index in [1.165, 1.54) is 13.2 Å². The first-order valence-corrected chi connectivity index (χ1v) is 4.94. The predicted octanol–water partition coefficient (Wildman–Crippen LogP) is 2.67. The van der Waals surface area contributed by atoms with E-state index in [2.05, 4.69) is 5.32 Å². The van der Waals surface area contributed by atoms with Gasteiger partial charge in [0.1, 0.15) is 5.56 Å². The van der Waals surface area contributed by atoms with Crippen LogP contribution in [0.4, 0.5) is 24.5 Å². The molecule has 5 nitrogen and oxygen atoms in total. The maximum Gasteiger partial charge on any atom is 0.423 e. The van der Waals surface area contributed by atoms with Crippen molar-refractivity contribution in [2.45, 2.75) is 6.18 Å². The molecular formula is C10H11F3N2O3. The van der Waals surface area contributed by atoms with Crippen molar-refractivity contribution in [2.24, 2.45) is 0 Å². The summed E-state index contributed by atoms with van der Waals surface area (Å²) < 4.78 is 42.6. The highest BCUT2D eigenvalue weighted by Gasteiger charge is 2.38. The van der Waals surface area contributed by atoms with E-state index in [0.717, 1.165) is 6.07 Å². The van der Waals surface area contributed by atoms with Crippen molar-refractivity contribution in [3.8, 4) is 0 Å². The van der Waals surface area contributed by atoms with Gasteiger partial charge in [-0.1, -0.05) is 0 Å². The average Bonchev–Trinajstić information content (AvgIpc) is 2.28. The van der Waals surface area contributed by atoms with Crippen LogP contribution in [0.5, 0.6) is 0 Å². The zero-order chi connectivity index (χ0) is 13.8. The Bertz CT molecular complexity index is 435. The van der Waals surface area contributed by atoms with Crippen LogP contribution < -0.4 is 5.32 Å². The lowest BCUT2D eigenvalue weighted by Crippen LogP contribution is -2.12. The Labute approximate surface area is 101 Å². The highest BCUT2D eigenvalue weighted by Crippen LogP contribution is 2.37. The average molecular weight is 264 g/mol. The monoisotopic (exact) mass is 264 g/mol. The number of alkyl halides is 3. The van der Waals surface area contributed by atoms with Crippen molar-refractivity contribution in [2.75, 3.05) is 25.6 Å². The van der Waals surface area contributed by atoms with Crippen LogP contribution in [0.3, 0.4) is 0 Å². The minimum atomic E-state index is -4.76. The van der Waals surface area contributed by atoms with Gasteiger partial charge in [0.05, 0.1) is 11.5 Å². The maximum atomic E-state index is 12.6. The van der Waals surface area contributed by atoms with E-state index in [9.17, 15) is 23.3 Å². The van der Waals surface area contributed by atoms with Gasteiger partial charge in [-0.3, -0.25) is 10.1 Å². The van der Waals surface area contributed by atoms with Crippen molar-refractivity contribution in [1.82, 2.24) is 0 Å². The van der Waals surface area contributed by atoms with Crippen LogP contribution in [0.2, 0.25) is 0 Å². The summed E-state index contributed by atoms with van der Waals surface area (Å²) in [5.74, 6) is 0. The minimum Gasteiger partial charge on any atom is -0.383 e. The van der Waals surface area contributed by atoms with Gasteiger partial charge in [-0.2, -0.15) is 13.2 Å². The molecule has 0 aromatic heterocycles. The molecule has 0 unspecified atom stereocenters. The number of methoxy groups -OCH3 is 1. The summed E-state index contributed by atoms with van der Waals surface area (Å²) in [4.78, 5) is 9.45. The van der Waals surface area contributed by atoms with Crippen molar-refractivity contribution < 1.29 is 22.8 Å². The lowest BCUT2D eigenvalue weighted by atomic mass is 10.1. The zero-order valence-electron chi connectivity index (χ0n) is 9.45. The van der Waals surface area contributed by atoms with Gasteiger partial charge >= 0.3 is 6.18 Å². The normalized spacial score (nSPS) is 11.3. The Kier molecular flexibility index (Phi) is 4.49. The smallest absolute Gasteiger partial charge is 0.383 e. The van der Waals surface area contributed by atoms with Gasteiger partial charge in [-0.05, 0) is 12.1 Å². The Morgan fingerprint density at radius 2 is 2.11 bits per heavy atom. The summed E-state index contributed by atoms with van der Waals surface area (Å²) in [6.07, 6.45) is -4.76. The molecule has 1 aromatic rings. The fourth-order valence-corrected chi connectivity index (χ4v) is 1.33. The lowest BCUT2D eigenvalue weighted by molar-refractivity contribution is -0.388. The first-order valence-electron chi connectivity index (χ1n) is 4.94. The molecule has 100 valence electrons. The molecule has 1 N–H and O–H groups in total. The molecule has 1 aromatic carbocycles. The predicted molar refractivity (Wildman–Crippen MR) is 58.5 cm³/mol. The van der Waals surface area contributed by atoms with Gasteiger partial charge in [0.15, 0.2) is 0 Å². The fraction of sp³-hybridized carbons (Fsp3) is 0.400. The quantitative estimate of drug-likeness (QED) is 0.504. The fourth-order valence-electron chi connectivity index (χ4n) is 1.33. The molecule has 0 aliphatic heterocycles. The van der Waals surface area contributed by atoms with Crippen LogP contribution in [-0.4, -0.2) is 25.2 Å². The number of nitro groups is 1. The summed E-state index contributed by atoms with van der Waals surface area (Å²) in [6.45, 7) is 0.629. The van der Waals surface area contributed by atoms with Crippen LogP contribution in [0.25, 0.3) is 0 Å². The van der Waals surface area contributed by atoms with E-state index >= 15 is 0 Å². The molecule has 18 heavy (non-hydrogen) atoms. The summed E-state index contributed by atoms with van der Waals surface area (Å²) >= 11 is 0. The molecular weight excluding hydrogens is 253 g/mol. The van der Waals surface area contributed by atoms with Crippen LogP contribution in [-0.2, 0) is 10.9 Å². The number of ether oxygens (including phenoxy) is 1. The number of halogens is 3. The van der Waals surface area contributed by atoms with Crippen molar-refractivity contribution in [3.05, 3.63) is 33.9 Å². The minimum absolute atomic E-state index is 0.157. The first-order chi connectivity index (χ1) is 8.36. The van der Waals surface area contributed by atoms with Crippen LogP contribution in [0.1, 0.15) is 5.56 Å². The molecule has 0 saturated carbocycles. The highest BCUT2D eigenvalue weighted by molar-refractivity contribution is 5.55. The molecule has 0 saturated heterocycles. The molecule has 0 amide bonds. The Morgan fingerprint density at radius 3 is 2.61 bits per heavy atom. The van der Waals surface area contributed by atoms with E-state index < -0.39 is 22.4 Å². The molecule has 1 rings (SSSR count). The Hall–Kier alpha value is -1.83. The van der Waals surface area contributed by atoms with Crippen molar-refractivity contribution in [3.63, 3.8) is 0 Å². The number of rotatable bonds is 5. The van der Waals surface area contributed by atoms with Gasteiger partial charge in [0, 0.05) is 25.4 Å². The van der Waals surface area contributed by atoms with Gasteiger partial charge in [0.25, 0.3) is 5.69 Å². The van der Waals surface area contributed by atoms with E-state index in [1.54, 1.807) is 0 Å². The highest BCUT2D eigenvalue weighted by atomic mass is 19.4. The molecule has 0 spiro atoms. The number of benzene rings is 1. The molecule has 0 aliphatic carbocycles. The molecule has 0 fully saturated rings. The largest absolute Gasteiger partial charge is 0.423 e. The lowest BCUT2D eigenvalue weighted by Gasteiger charge is -2.10. The number of hydrogen-bond donors (Lipinski definition) is 1. The second-order valence-electron chi connectivity index (χ2n) is 3.41. The zero-order valence-corrected chi connectivity index (χ0v) is 9.45. The van der Waals surface area contributed by atoms with E-state index in [0.29, 0.717) is 19.2 Å². The second-order valence-corrected chi connectivity index (χ2v) is 3.41. The number of nitro benzene ring substituents is 1. The number of anilines is 1. The van der Waals surface area contributed by atoms with Crippen LogP contribution in [0.15, 0.2) is 18.2 Å². The topological polar surface area (TPSA) is 64.4 Å². The van der Waals surface area contributed by atoms with Crippen LogP contribution in [0, 0.1) is 10.1 Å². The van der Waals surface area contributed by atoms with E-state index in [4.69, 9.17) is 4.74 Å². The third-order valence-corrected chi connectivity index (χ3v) is 2.13. The number of hydrogen-bond acceptors (Lipinski definition) is 4. The molecule has 0 radical (unpaired) electrons. The summed E-state index contributed by atoms with van der Waals surface area (Å²) in [6, 6.07) is 2.77. The van der Waals surface area contributed by atoms with Crippen LogP contribution >= 0.6 is 0 Å².